The fraction of sp³-hybridized carbons (Fsp3) is 0.529. The molecule has 104 valence electrons. The number of benzene rings is 1. The molecule has 2 heteroatoms. The van der Waals surface area contributed by atoms with Gasteiger partial charge in [-0.3, -0.25) is 0 Å². The molecule has 1 aliphatic rings. The van der Waals surface area contributed by atoms with Gasteiger partial charge in [-0.15, -0.1) is 0 Å². The molecule has 1 atom stereocenters. The minimum absolute atomic E-state index is 0.0872. The Balaban J connectivity index is 2.21. The van der Waals surface area contributed by atoms with Crippen LogP contribution in [0.3, 0.4) is 0 Å². The van der Waals surface area contributed by atoms with E-state index in [2.05, 4.69) is 62.9 Å². The Morgan fingerprint density at radius 3 is 2.42 bits per heavy atom. The van der Waals surface area contributed by atoms with Gasteiger partial charge in [0.05, 0.1) is 0 Å². The van der Waals surface area contributed by atoms with Gasteiger partial charge in [0.2, 0.25) is 0 Å². The highest BCUT2D eigenvalue weighted by atomic mass is 15.1. The molecule has 0 saturated heterocycles. The van der Waals surface area contributed by atoms with E-state index >= 15 is 0 Å². The molecule has 0 spiro atoms. The smallest absolute Gasteiger partial charge is 0.0417 e. The van der Waals surface area contributed by atoms with E-state index in [1.54, 1.807) is 5.57 Å². The normalized spacial score (nSPS) is 18.2. The molecule has 1 heterocycles. The van der Waals surface area contributed by atoms with Crippen molar-refractivity contribution in [3.05, 3.63) is 41.5 Å². The second-order valence-corrected chi connectivity index (χ2v) is 6.52. The van der Waals surface area contributed by atoms with E-state index < -0.39 is 0 Å². The number of hydrogen-bond donors (Lipinski definition) is 1. The predicted molar refractivity (Wildman–Crippen MR) is 83.4 cm³/mol. The first kappa shape index (κ1) is 14.1. The molecular formula is C17H26N2. The number of para-hydroxylation sites is 1. The summed E-state index contributed by atoms with van der Waals surface area (Å²) in [6, 6.07) is 8.59. The Morgan fingerprint density at radius 2 is 1.89 bits per heavy atom. The summed E-state index contributed by atoms with van der Waals surface area (Å²) in [5.41, 5.74) is 10.5. The Labute approximate surface area is 117 Å². The van der Waals surface area contributed by atoms with Gasteiger partial charge in [-0.2, -0.15) is 0 Å². The first-order chi connectivity index (χ1) is 8.89. The Hall–Kier alpha value is -1.28. The van der Waals surface area contributed by atoms with Gasteiger partial charge in [0.1, 0.15) is 0 Å². The fourth-order valence-corrected chi connectivity index (χ4v) is 2.73. The molecule has 0 saturated carbocycles. The summed E-state index contributed by atoms with van der Waals surface area (Å²) < 4.78 is 0. The first-order valence-electron chi connectivity index (χ1n) is 7.18. The lowest BCUT2D eigenvalue weighted by molar-refractivity contribution is 0.472. The van der Waals surface area contributed by atoms with Crippen molar-refractivity contribution in [3.8, 4) is 0 Å². The molecule has 1 aromatic rings. The van der Waals surface area contributed by atoms with Gasteiger partial charge in [0.15, 0.2) is 0 Å². The molecule has 0 unspecified atom stereocenters. The molecule has 19 heavy (non-hydrogen) atoms. The topological polar surface area (TPSA) is 29.3 Å². The minimum atomic E-state index is 0.0872. The van der Waals surface area contributed by atoms with Crippen molar-refractivity contribution < 1.29 is 0 Å². The lowest BCUT2D eigenvalue weighted by atomic mass is 9.83. The van der Waals surface area contributed by atoms with Crippen LogP contribution in [0.1, 0.15) is 45.7 Å². The zero-order chi connectivity index (χ0) is 14.0. The van der Waals surface area contributed by atoms with Crippen LogP contribution in [0.2, 0.25) is 0 Å². The number of nitrogens with two attached hydrogens (primary N) is 1. The maximum Gasteiger partial charge on any atom is 0.0417 e. The molecule has 1 aliphatic heterocycles. The summed E-state index contributed by atoms with van der Waals surface area (Å²) >= 11 is 0. The third kappa shape index (κ3) is 3.19. The zero-order valence-corrected chi connectivity index (χ0v) is 12.6. The van der Waals surface area contributed by atoms with Crippen LogP contribution in [-0.2, 0) is 0 Å². The molecule has 2 N–H and O–H groups in total. The fourth-order valence-electron chi connectivity index (χ4n) is 2.73. The average molecular weight is 258 g/mol. The second-order valence-electron chi connectivity index (χ2n) is 6.52. The largest absolute Gasteiger partial charge is 0.367 e. The quantitative estimate of drug-likeness (QED) is 0.815. The summed E-state index contributed by atoms with van der Waals surface area (Å²) in [4.78, 5) is 2.44. The van der Waals surface area contributed by atoms with Crippen molar-refractivity contribution in [3.63, 3.8) is 0 Å². The van der Waals surface area contributed by atoms with Gasteiger partial charge in [-0.25, -0.2) is 0 Å². The monoisotopic (exact) mass is 258 g/mol. The average Bonchev–Trinajstić information content (AvgIpc) is 2.38. The number of rotatable bonds is 2. The third-order valence-electron chi connectivity index (χ3n) is 3.94. The molecule has 2 rings (SSSR count). The second kappa shape index (κ2) is 5.38. The lowest BCUT2D eigenvalue weighted by Crippen LogP contribution is -2.32. The molecule has 0 bridgehead atoms. The molecule has 0 aromatic heterocycles. The molecule has 0 radical (unpaired) electrons. The van der Waals surface area contributed by atoms with Crippen LogP contribution >= 0.6 is 0 Å². The number of nitrogens with zero attached hydrogens (tertiary/aromatic N) is 1. The van der Waals surface area contributed by atoms with Crippen molar-refractivity contribution in [2.45, 2.75) is 40.2 Å². The van der Waals surface area contributed by atoms with Gasteiger partial charge >= 0.3 is 0 Å². The van der Waals surface area contributed by atoms with Crippen LogP contribution in [0.5, 0.6) is 0 Å². The van der Waals surface area contributed by atoms with Crippen LogP contribution < -0.4 is 10.6 Å². The van der Waals surface area contributed by atoms with Crippen molar-refractivity contribution in [2.75, 3.05) is 18.0 Å². The van der Waals surface area contributed by atoms with Gasteiger partial charge in [0, 0.05) is 24.8 Å². The molecular weight excluding hydrogens is 232 g/mol. The van der Waals surface area contributed by atoms with Crippen LogP contribution in [0.4, 0.5) is 5.69 Å². The van der Waals surface area contributed by atoms with E-state index in [4.69, 9.17) is 5.73 Å². The maximum absolute atomic E-state index is 6.08. The van der Waals surface area contributed by atoms with Gasteiger partial charge in [-0.05, 0) is 30.4 Å². The standard InChI is InChI=1S/C17H26N2/c1-13(18)15-7-5-6-8-16(15)19-11-9-14(10-12-19)17(2,3)4/h5-9,13H,10-12,18H2,1-4H3/t13-/m1/s1. The molecule has 0 amide bonds. The van der Waals surface area contributed by atoms with E-state index in [1.165, 1.54) is 11.3 Å². The summed E-state index contributed by atoms with van der Waals surface area (Å²) in [6.45, 7) is 11.0. The van der Waals surface area contributed by atoms with E-state index in [-0.39, 0.29) is 6.04 Å². The third-order valence-corrected chi connectivity index (χ3v) is 3.94. The van der Waals surface area contributed by atoms with Crippen LogP contribution in [-0.4, -0.2) is 13.1 Å². The summed E-state index contributed by atoms with van der Waals surface area (Å²) in [5, 5.41) is 0. The maximum atomic E-state index is 6.08. The van der Waals surface area contributed by atoms with E-state index in [0.29, 0.717) is 5.41 Å². The lowest BCUT2D eigenvalue weighted by Gasteiger charge is -2.34. The van der Waals surface area contributed by atoms with Gasteiger partial charge in [0.25, 0.3) is 0 Å². The van der Waals surface area contributed by atoms with Gasteiger partial charge < -0.3 is 10.6 Å². The van der Waals surface area contributed by atoms with E-state index in [0.717, 1.165) is 19.5 Å². The van der Waals surface area contributed by atoms with Crippen molar-refractivity contribution in [2.24, 2.45) is 11.1 Å². The number of anilines is 1. The zero-order valence-electron chi connectivity index (χ0n) is 12.6. The predicted octanol–water partition coefficient (Wildman–Crippen LogP) is 3.89. The van der Waals surface area contributed by atoms with Crippen molar-refractivity contribution >= 4 is 5.69 Å². The van der Waals surface area contributed by atoms with E-state index in [9.17, 15) is 0 Å². The highest BCUT2D eigenvalue weighted by Crippen LogP contribution is 2.33. The Morgan fingerprint density at radius 1 is 1.21 bits per heavy atom. The van der Waals surface area contributed by atoms with Gasteiger partial charge in [-0.1, -0.05) is 50.6 Å². The highest BCUT2D eigenvalue weighted by molar-refractivity contribution is 5.56. The summed E-state index contributed by atoms with van der Waals surface area (Å²) in [7, 11) is 0. The van der Waals surface area contributed by atoms with Crippen molar-refractivity contribution in [1.82, 2.24) is 0 Å². The molecule has 2 nitrogen and oxygen atoms in total. The Kier molecular flexibility index (Phi) is 4.00. The minimum Gasteiger partial charge on any atom is -0.367 e. The van der Waals surface area contributed by atoms with Crippen molar-refractivity contribution in [1.29, 1.82) is 0 Å². The first-order valence-corrected chi connectivity index (χ1v) is 7.18. The summed E-state index contributed by atoms with van der Waals surface area (Å²) in [5.74, 6) is 0. The van der Waals surface area contributed by atoms with Crippen LogP contribution in [0.25, 0.3) is 0 Å². The van der Waals surface area contributed by atoms with E-state index in [1.807, 2.05) is 0 Å². The molecule has 0 aliphatic carbocycles. The van der Waals surface area contributed by atoms with Crippen LogP contribution in [0, 0.1) is 5.41 Å². The van der Waals surface area contributed by atoms with Crippen LogP contribution in [0.15, 0.2) is 35.9 Å². The highest BCUT2D eigenvalue weighted by Gasteiger charge is 2.22. The SMILES string of the molecule is C[C@@H](N)c1ccccc1N1CC=C(C(C)(C)C)CC1. The number of hydrogen-bond acceptors (Lipinski definition) is 2. The Bertz CT molecular complexity index is 466. The summed E-state index contributed by atoms with van der Waals surface area (Å²) in [6.07, 6.45) is 3.54. The molecule has 1 aromatic carbocycles. The molecule has 0 fully saturated rings.